The number of benzene rings is 2. The fraction of sp³-hybridized carbons (Fsp3) is 0.278. The number of likely N-dealkylation sites (tertiary alicyclic amines) is 1. The van der Waals surface area contributed by atoms with E-state index in [0.717, 1.165) is 17.1 Å². The third-order valence-corrected chi connectivity index (χ3v) is 6.85. The van der Waals surface area contributed by atoms with E-state index in [1.807, 2.05) is 0 Å². The van der Waals surface area contributed by atoms with E-state index >= 15 is 0 Å². The molecule has 1 amide bonds. The number of rotatable bonds is 5. The second kappa shape index (κ2) is 7.86. The van der Waals surface area contributed by atoms with Crippen LogP contribution in [0.1, 0.15) is 12.8 Å². The van der Waals surface area contributed by atoms with Crippen LogP contribution in [-0.4, -0.2) is 38.9 Å². The molecule has 2 aromatic rings. The zero-order chi connectivity index (χ0) is 18.7. The lowest BCUT2D eigenvalue weighted by atomic mass is 10.3. The Morgan fingerprint density at radius 1 is 1.00 bits per heavy atom. The minimum absolute atomic E-state index is 0.0882. The smallest absolute Gasteiger partial charge is 0.264 e. The highest BCUT2D eigenvalue weighted by Crippen LogP contribution is 2.35. The molecule has 0 aromatic heterocycles. The first-order valence-electron chi connectivity index (χ1n) is 8.21. The van der Waals surface area contributed by atoms with Gasteiger partial charge in [-0.25, -0.2) is 8.42 Å². The highest BCUT2D eigenvalue weighted by Gasteiger charge is 2.31. The molecule has 3 rings (SSSR count). The van der Waals surface area contributed by atoms with Crippen molar-refractivity contribution < 1.29 is 13.2 Å². The Morgan fingerprint density at radius 3 is 2.31 bits per heavy atom. The van der Waals surface area contributed by atoms with Crippen LogP contribution >= 0.6 is 23.2 Å². The molecule has 1 fully saturated rings. The fourth-order valence-electron chi connectivity index (χ4n) is 2.89. The molecule has 5 nitrogen and oxygen atoms in total. The Balaban J connectivity index is 2.04. The van der Waals surface area contributed by atoms with Gasteiger partial charge in [-0.3, -0.25) is 9.10 Å². The molecule has 1 heterocycles. The average Bonchev–Trinajstić information content (AvgIpc) is 3.18. The van der Waals surface area contributed by atoms with Crippen LogP contribution in [0.25, 0.3) is 0 Å². The molecule has 8 heteroatoms. The van der Waals surface area contributed by atoms with Crippen LogP contribution < -0.4 is 4.31 Å². The number of carbonyl (C=O) groups excluding carboxylic acids is 1. The second-order valence-electron chi connectivity index (χ2n) is 5.99. The zero-order valence-corrected chi connectivity index (χ0v) is 16.3. The number of sulfonamides is 1. The molecule has 1 saturated heterocycles. The lowest BCUT2D eigenvalue weighted by Gasteiger charge is -2.27. The quantitative estimate of drug-likeness (QED) is 0.749. The van der Waals surface area contributed by atoms with Gasteiger partial charge in [0.1, 0.15) is 6.54 Å². The predicted octanol–water partition coefficient (Wildman–Crippen LogP) is 3.81. The summed E-state index contributed by atoms with van der Waals surface area (Å²) in [5, 5.41) is 0.328. The molecule has 0 N–H and O–H groups in total. The Labute approximate surface area is 163 Å². The third-order valence-electron chi connectivity index (χ3n) is 4.27. The second-order valence-corrected chi connectivity index (χ2v) is 8.63. The van der Waals surface area contributed by atoms with Gasteiger partial charge in [0.15, 0.2) is 0 Å². The van der Waals surface area contributed by atoms with Crippen LogP contribution in [-0.2, 0) is 14.8 Å². The first-order valence-corrected chi connectivity index (χ1v) is 10.4. The summed E-state index contributed by atoms with van der Waals surface area (Å²) in [4.78, 5) is 14.4. The number of halogens is 2. The van der Waals surface area contributed by atoms with Crippen LogP contribution in [0, 0.1) is 0 Å². The molecule has 2 aromatic carbocycles. The number of hydrogen-bond donors (Lipinski definition) is 0. The van der Waals surface area contributed by atoms with Gasteiger partial charge in [0, 0.05) is 13.1 Å². The van der Waals surface area contributed by atoms with Gasteiger partial charge in [-0.1, -0.05) is 47.5 Å². The first kappa shape index (κ1) is 19.0. The van der Waals surface area contributed by atoms with Crippen molar-refractivity contribution in [1.82, 2.24) is 4.90 Å². The van der Waals surface area contributed by atoms with Crippen molar-refractivity contribution in [3.63, 3.8) is 0 Å². The number of hydrogen-bond acceptors (Lipinski definition) is 3. The Morgan fingerprint density at radius 2 is 1.65 bits per heavy atom. The number of nitrogens with zero attached hydrogens (tertiary/aromatic N) is 2. The van der Waals surface area contributed by atoms with Crippen LogP contribution in [0.2, 0.25) is 10.0 Å². The molecule has 0 radical (unpaired) electrons. The van der Waals surface area contributed by atoms with Gasteiger partial charge in [-0.05, 0) is 37.1 Å². The molecule has 1 aliphatic heterocycles. The Hall–Kier alpha value is -1.76. The molecule has 0 unspecified atom stereocenters. The van der Waals surface area contributed by atoms with Crippen molar-refractivity contribution in [2.75, 3.05) is 23.9 Å². The Bertz CT molecular complexity index is 898. The van der Waals surface area contributed by atoms with E-state index in [2.05, 4.69) is 0 Å². The van der Waals surface area contributed by atoms with Crippen molar-refractivity contribution in [2.45, 2.75) is 17.7 Å². The first-order chi connectivity index (χ1) is 12.4. The summed E-state index contributed by atoms with van der Waals surface area (Å²) < 4.78 is 27.4. The van der Waals surface area contributed by atoms with Crippen LogP contribution in [0.15, 0.2) is 53.4 Å². The molecule has 0 atom stereocenters. The monoisotopic (exact) mass is 412 g/mol. The molecular weight excluding hydrogens is 395 g/mol. The van der Waals surface area contributed by atoms with E-state index in [1.165, 1.54) is 12.1 Å². The molecule has 1 aliphatic rings. The third kappa shape index (κ3) is 3.82. The molecule has 0 spiro atoms. The maximum absolute atomic E-state index is 13.2. The van der Waals surface area contributed by atoms with Crippen molar-refractivity contribution in [2.24, 2.45) is 0 Å². The maximum Gasteiger partial charge on any atom is 0.264 e. The highest BCUT2D eigenvalue weighted by atomic mass is 35.5. The average molecular weight is 413 g/mol. The lowest BCUT2D eigenvalue weighted by molar-refractivity contribution is -0.128. The summed E-state index contributed by atoms with van der Waals surface area (Å²) in [6, 6.07) is 12.7. The normalized spacial score (nSPS) is 14.5. The summed E-state index contributed by atoms with van der Waals surface area (Å²) >= 11 is 12.3. The summed E-state index contributed by atoms with van der Waals surface area (Å²) in [7, 11) is -3.98. The van der Waals surface area contributed by atoms with E-state index in [1.54, 1.807) is 41.3 Å². The number of carbonyl (C=O) groups is 1. The van der Waals surface area contributed by atoms with E-state index in [0.29, 0.717) is 13.1 Å². The molecular formula is C18H18Cl2N2O3S. The van der Waals surface area contributed by atoms with Crippen molar-refractivity contribution in [3.8, 4) is 0 Å². The van der Waals surface area contributed by atoms with Gasteiger partial charge >= 0.3 is 0 Å². The summed E-state index contributed by atoms with van der Waals surface area (Å²) in [5.41, 5.74) is 0.190. The topological polar surface area (TPSA) is 57.7 Å². The van der Waals surface area contributed by atoms with Gasteiger partial charge < -0.3 is 4.90 Å². The van der Waals surface area contributed by atoms with Gasteiger partial charge in [-0.2, -0.15) is 0 Å². The van der Waals surface area contributed by atoms with Crippen LogP contribution in [0.5, 0.6) is 0 Å². The van der Waals surface area contributed by atoms with Gasteiger partial charge in [0.25, 0.3) is 10.0 Å². The molecule has 26 heavy (non-hydrogen) atoms. The van der Waals surface area contributed by atoms with Crippen LogP contribution in [0.4, 0.5) is 5.69 Å². The predicted molar refractivity (Wildman–Crippen MR) is 103 cm³/mol. The standard InChI is InChI=1S/C18H18Cl2N2O3S/c19-15-9-6-10-16(18(15)20)22(13-17(23)21-11-4-5-12-21)26(24,25)14-7-2-1-3-8-14/h1-3,6-10H,4-5,11-13H2. The number of amides is 1. The van der Waals surface area contributed by atoms with E-state index < -0.39 is 10.0 Å². The van der Waals surface area contributed by atoms with E-state index in [4.69, 9.17) is 23.2 Å². The van der Waals surface area contributed by atoms with Crippen molar-refractivity contribution >= 4 is 44.8 Å². The minimum Gasteiger partial charge on any atom is -0.341 e. The van der Waals surface area contributed by atoms with Gasteiger partial charge in [0.05, 0.1) is 20.6 Å². The maximum atomic E-state index is 13.2. The minimum atomic E-state index is -3.98. The van der Waals surface area contributed by atoms with Crippen molar-refractivity contribution in [1.29, 1.82) is 0 Å². The van der Waals surface area contributed by atoms with Gasteiger partial charge in [0.2, 0.25) is 5.91 Å². The molecule has 0 aliphatic carbocycles. The van der Waals surface area contributed by atoms with E-state index in [9.17, 15) is 13.2 Å². The summed E-state index contributed by atoms with van der Waals surface area (Å²) in [6.45, 7) is 0.958. The zero-order valence-electron chi connectivity index (χ0n) is 13.9. The highest BCUT2D eigenvalue weighted by molar-refractivity contribution is 7.92. The summed E-state index contributed by atoms with van der Waals surface area (Å²) in [5.74, 6) is -0.252. The number of anilines is 1. The molecule has 138 valence electrons. The van der Waals surface area contributed by atoms with E-state index in [-0.39, 0.29) is 33.1 Å². The van der Waals surface area contributed by atoms with Crippen molar-refractivity contribution in [3.05, 3.63) is 58.6 Å². The summed E-state index contributed by atoms with van der Waals surface area (Å²) in [6.07, 6.45) is 1.85. The molecule has 0 saturated carbocycles. The molecule has 0 bridgehead atoms. The van der Waals surface area contributed by atoms with Crippen LogP contribution in [0.3, 0.4) is 0 Å². The largest absolute Gasteiger partial charge is 0.341 e. The fourth-order valence-corrected chi connectivity index (χ4v) is 4.79. The van der Waals surface area contributed by atoms with Gasteiger partial charge in [-0.15, -0.1) is 0 Å². The Kier molecular flexibility index (Phi) is 5.75. The SMILES string of the molecule is O=C(CN(c1cccc(Cl)c1Cl)S(=O)(=O)c1ccccc1)N1CCCC1. The lowest BCUT2D eigenvalue weighted by Crippen LogP contribution is -2.42.